The van der Waals surface area contributed by atoms with Crippen molar-refractivity contribution in [3.05, 3.63) is 69.8 Å². The first kappa shape index (κ1) is 42.0. The van der Waals surface area contributed by atoms with E-state index in [4.69, 9.17) is 28.4 Å². The Labute approximate surface area is 315 Å². The number of hydrogen-bond donors (Lipinski definition) is 2. The summed E-state index contributed by atoms with van der Waals surface area (Å²) in [6, 6.07) is 7.43. The van der Waals surface area contributed by atoms with Crippen molar-refractivity contribution in [2.24, 2.45) is 16.2 Å². The van der Waals surface area contributed by atoms with Crippen LogP contribution in [0.5, 0.6) is 11.5 Å². The van der Waals surface area contributed by atoms with E-state index in [1.54, 1.807) is 12.2 Å². The smallest absolute Gasteiger partial charge is 0.330 e. The fraction of sp³-hybridized carbons (Fsp3) is 0.581. The van der Waals surface area contributed by atoms with Crippen molar-refractivity contribution in [2.45, 2.75) is 106 Å². The first-order valence-electron chi connectivity index (χ1n) is 18.3. The Hall–Kier alpha value is -3.70. The van der Waals surface area contributed by atoms with Crippen LogP contribution in [0.25, 0.3) is 12.2 Å². The third-order valence-corrected chi connectivity index (χ3v) is 9.70. The molecule has 2 aliphatic rings. The van der Waals surface area contributed by atoms with Crippen LogP contribution in [0.2, 0.25) is 0 Å². The zero-order chi connectivity index (χ0) is 39.6. The highest BCUT2D eigenvalue weighted by molar-refractivity contribution is 5.87. The molecule has 2 saturated heterocycles. The van der Waals surface area contributed by atoms with Crippen LogP contribution < -0.4 is 0 Å². The fourth-order valence-corrected chi connectivity index (χ4v) is 6.28. The van der Waals surface area contributed by atoms with E-state index in [2.05, 4.69) is 0 Å². The van der Waals surface area contributed by atoms with Gasteiger partial charge in [-0.25, -0.2) is 9.59 Å². The van der Waals surface area contributed by atoms with E-state index < -0.39 is 40.8 Å². The normalized spacial score (nSPS) is 21.7. The molecule has 0 unspecified atom stereocenters. The highest BCUT2D eigenvalue weighted by atomic mass is 16.7. The number of phenols is 2. The van der Waals surface area contributed by atoms with Crippen molar-refractivity contribution >= 4 is 24.1 Å². The Morgan fingerprint density at radius 1 is 0.642 bits per heavy atom. The maximum absolute atomic E-state index is 12.7. The van der Waals surface area contributed by atoms with E-state index >= 15 is 0 Å². The predicted molar refractivity (Wildman–Crippen MR) is 204 cm³/mol. The summed E-state index contributed by atoms with van der Waals surface area (Å²) < 4.78 is 35.8. The summed E-state index contributed by atoms with van der Waals surface area (Å²) in [4.78, 5) is 25.3. The van der Waals surface area contributed by atoms with Gasteiger partial charge < -0.3 is 38.6 Å². The summed E-state index contributed by atoms with van der Waals surface area (Å²) in [6.07, 6.45) is 4.95. The molecule has 10 nitrogen and oxygen atoms in total. The Kier molecular flexibility index (Phi) is 12.7. The van der Waals surface area contributed by atoms with Gasteiger partial charge in [-0.3, -0.25) is 0 Å². The molecule has 2 aromatic carbocycles. The Balaban J connectivity index is 1.23. The molecule has 2 aromatic rings. The Morgan fingerprint density at radius 3 is 1.26 bits per heavy atom. The first-order chi connectivity index (χ1) is 24.4. The maximum Gasteiger partial charge on any atom is 0.330 e. The molecule has 53 heavy (non-hydrogen) atoms. The molecule has 0 saturated carbocycles. The molecule has 2 aliphatic heterocycles. The molecule has 4 rings (SSSR count). The van der Waals surface area contributed by atoms with Crippen LogP contribution in [0.15, 0.2) is 36.4 Å². The molecule has 10 heteroatoms. The number of carbonyl (C=O) groups is 2. The monoisotopic (exact) mass is 736 g/mol. The van der Waals surface area contributed by atoms with Gasteiger partial charge in [-0.1, -0.05) is 69.2 Å². The SMILES string of the molecule is Cc1cc(/C=C/C(=O)OCC(C)(C)C2OCC3(CO2)COC(C(C)(C)COC(=O)/C=C/c2cc(C)c(O)c(C(C)(C)C)c2)OC3)cc(C(C)(C)C)c1O. The minimum atomic E-state index is -0.630. The number of benzene rings is 2. The van der Waals surface area contributed by atoms with E-state index in [0.717, 1.165) is 33.4 Å². The Morgan fingerprint density at radius 2 is 0.962 bits per heavy atom. The lowest BCUT2D eigenvalue weighted by Crippen LogP contribution is -2.57. The van der Waals surface area contributed by atoms with Crippen LogP contribution in [0.1, 0.15) is 103 Å². The second-order valence-corrected chi connectivity index (χ2v) is 18.2. The standard InChI is InChI=1S/C43H60O10/c1-27-17-29(19-31(35(27)46)39(3,4)5)13-15-33(44)48-21-41(9,10)37-50-23-43(24-51-37)25-52-38(53-26-43)42(11,12)22-49-34(45)16-14-30-18-28(2)36(47)32(20-30)40(6,7)8/h13-20,37-38,46-47H,21-26H2,1-12H3/b15-13+,16-14+. The van der Waals surface area contributed by atoms with Crippen molar-refractivity contribution in [1.29, 1.82) is 0 Å². The maximum atomic E-state index is 12.7. The van der Waals surface area contributed by atoms with Gasteiger partial charge in [0.25, 0.3) is 0 Å². The van der Waals surface area contributed by atoms with Crippen molar-refractivity contribution in [3.8, 4) is 11.5 Å². The van der Waals surface area contributed by atoms with Gasteiger partial charge in [0.05, 0.1) is 31.8 Å². The summed E-state index contributed by atoms with van der Waals surface area (Å²) >= 11 is 0. The van der Waals surface area contributed by atoms with Crippen LogP contribution in [-0.2, 0) is 48.8 Å². The highest BCUT2D eigenvalue weighted by Crippen LogP contribution is 2.39. The van der Waals surface area contributed by atoms with Gasteiger partial charge in [0, 0.05) is 34.1 Å². The largest absolute Gasteiger partial charge is 0.507 e. The molecular formula is C43H60O10. The summed E-state index contributed by atoms with van der Waals surface area (Å²) in [5, 5.41) is 21.0. The zero-order valence-corrected chi connectivity index (χ0v) is 33.7. The minimum absolute atomic E-state index is 0.0827. The zero-order valence-electron chi connectivity index (χ0n) is 33.7. The second-order valence-electron chi connectivity index (χ2n) is 18.2. The lowest BCUT2D eigenvalue weighted by Gasteiger charge is -2.48. The molecule has 1 spiro atoms. The molecular weight excluding hydrogens is 676 g/mol. The number of hydrogen-bond acceptors (Lipinski definition) is 10. The van der Waals surface area contributed by atoms with Gasteiger partial charge in [-0.05, 0) is 83.3 Å². The lowest BCUT2D eigenvalue weighted by molar-refractivity contribution is -0.337. The van der Waals surface area contributed by atoms with Gasteiger partial charge in [0.1, 0.15) is 24.7 Å². The van der Waals surface area contributed by atoms with Gasteiger partial charge >= 0.3 is 11.9 Å². The average Bonchev–Trinajstić information content (AvgIpc) is 3.06. The van der Waals surface area contributed by atoms with E-state index in [0.29, 0.717) is 26.4 Å². The molecule has 2 fully saturated rings. The van der Waals surface area contributed by atoms with Gasteiger partial charge in [-0.15, -0.1) is 0 Å². The Bertz CT molecular complexity index is 1560. The molecule has 2 N–H and O–H groups in total. The van der Waals surface area contributed by atoms with Crippen LogP contribution in [0.4, 0.5) is 0 Å². The quantitative estimate of drug-likeness (QED) is 0.183. The number of rotatable bonds is 10. The lowest BCUT2D eigenvalue weighted by atomic mass is 9.84. The number of esters is 2. The molecule has 0 atom stereocenters. The molecule has 292 valence electrons. The molecule has 0 bridgehead atoms. The van der Waals surface area contributed by atoms with Gasteiger partial charge in [0.15, 0.2) is 12.6 Å². The first-order valence-corrected chi connectivity index (χ1v) is 18.3. The number of phenolic OH excluding ortho intramolecular Hbond substituents is 2. The number of aryl methyl sites for hydroxylation is 2. The second kappa shape index (κ2) is 16.0. The topological polar surface area (TPSA) is 130 Å². The van der Waals surface area contributed by atoms with E-state index in [1.165, 1.54) is 12.2 Å². The van der Waals surface area contributed by atoms with Crippen LogP contribution in [0, 0.1) is 30.1 Å². The average molecular weight is 737 g/mol. The summed E-state index contributed by atoms with van der Waals surface area (Å²) in [5.41, 5.74) is 2.45. The van der Waals surface area contributed by atoms with Crippen molar-refractivity contribution in [1.82, 2.24) is 0 Å². The molecule has 0 aromatic heterocycles. The van der Waals surface area contributed by atoms with Crippen LogP contribution in [-0.4, -0.2) is 74.4 Å². The third kappa shape index (κ3) is 10.7. The van der Waals surface area contributed by atoms with Gasteiger partial charge in [-0.2, -0.15) is 0 Å². The summed E-state index contributed by atoms with van der Waals surface area (Å²) in [5.74, 6) is -0.438. The van der Waals surface area contributed by atoms with Crippen LogP contribution in [0.3, 0.4) is 0 Å². The summed E-state index contributed by atoms with van der Waals surface area (Å²) in [7, 11) is 0. The number of carbonyl (C=O) groups excluding carboxylic acids is 2. The number of ether oxygens (including phenoxy) is 6. The van der Waals surface area contributed by atoms with Crippen LogP contribution >= 0.6 is 0 Å². The predicted octanol–water partition coefficient (Wildman–Crippen LogP) is 7.91. The molecule has 0 amide bonds. The van der Waals surface area contributed by atoms with E-state index in [1.807, 2.05) is 107 Å². The fourth-order valence-electron chi connectivity index (χ4n) is 6.28. The van der Waals surface area contributed by atoms with E-state index in [-0.39, 0.29) is 35.5 Å². The molecule has 0 aliphatic carbocycles. The van der Waals surface area contributed by atoms with Crippen molar-refractivity contribution in [2.75, 3.05) is 39.6 Å². The van der Waals surface area contributed by atoms with Crippen molar-refractivity contribution in [3.63, 3.8) is 0 Å². The third-order valence-electron chi connectivity index (χ3n) is 9.70. The minimum Gasteiger partial charge on any atom is -0.507 e. The highest BCUT2D eigenvalue weighted by Gasteiger charge is 2.48. The molecule has 0 radical (unpaired) electrons. The summed E-state index contributed by atoms with van der Waals surface area (Å²) in [6.45, 7) is 25.0. The van der Waals surface area contributed by atoms with Crippen molar-refractivity contribution < 1.29 is 48.2 Å². The van der Waals surface area contributed by atoms with E-state index in [9.17, 15) is 19.8 Å². The number of aromatic hydroxyl groups is 2. The van der Waals surface area contributed by atoms with Gasteiger partial charge in [0.2, 0.25) is 0 Å². The molecule has 2 heterocycles.